The van der Waals surface area contributed by atoms with Crippen LogP contribution in [0.25, 0.3) is 0 Å². The van der Waals surface area contributed by atoms with Crippen LogP contribution in [0.4, 0.5) is 15.9 Å². The van der Waals surface area contributed by atoms with Gasteiger partial charge in [0.25, 0.3) is 0 Å². The summed E-state index contributed by atoms with van der Waals surface area (Å²) in [6.45, 7) is 2.43. The number of pyridine rings is 1. The molecule has 0 amide bonds. The fourth-order valence-corrected chi connectivity index (χ4v) is 1.68. The zero-order valence-electron chi connectivity index (χ0n) is 9.56. The van der Waals surface area contributed by atoms with Gasteiger partial charge in [0.1, 0.15) is 24.8 Å². The Morgan fingerprint density at radius 2 is 2.24 bits per heavy atom. The smallest absolute Gasteiger partial charge is 0.147 e. The van der Waals surface area contributed by atoms with Crippen LogP contribution in [0.1, 0.15) is 0 Å². The molecule has 1 aliphatic rings. The maximum Gasteiger partial charge on any atom is 0.147 e. The molecule has 0 radical (unpaired) electrons. The van der Waals surface area contributed by atoms with Gasteiger partial charge in [0.2, 0.25) is 0 Å². The van der Waals surface area contributed by atoms with Crippen LogP contribution in [0, 0.1) is 0 Å². The largest absolute Gasteiger partial charge is 0.489 e. The zero-order valence-corrected chi connectivity index (χ0v) is 9.56. The molecule has 1 fully saturated rings. The van der Waals surface area contributed by atoms with E-state index >= 15 is 0 Å². The maximum atomic E-state index is 12.1. The molecule has 0 atom stereocenters. The van der Waals surface area contributed by atoms with Gasteiger partial charge in [-0.2, -0.15) is 0 Å². The average Bonchev–Trinajstić information content (AvgIpc) is 2.39. The third kappa shape index (κ3) is 2.97. The summed E-state index contributed by atoms with van der Waals surface area (Å²) in [6, 6.07) is 1.75. The highest BCUT2D eigenvalue weighted by molar-refractivity contribution is 5.57. The Kier molecular flexibility index (Phi) is 3.98. The summed E-state index contributed by atoms with van der Waals surface area (Å²) >= 11 is 0. The summed E-state index contributed by atoms with van der Waals surface area (Å²) in [7, 11) is 0. The van der Waals surface area contributed by atoms with Crippen molar-refractivity contribution in [2.24, 2.45) is 0 Å². The van der Waals surface area contributed by atoms with E-state index in [1.807, 2.05) is 0 Å². The van der Waals surface area contributed by atoms with Crippen LogP contribution >= 0.6 is 0 Å². The van der Waals surface area contributed by atoms with Crippen LogP contribution in [0.2, 0.25) is 0 Å². The molecule has 2 N–H and O–H groups in total. The minimum Gasteiger partial charge on any atom is -0.489 e. The number of nitrogens with zero attached hydrogens (tertiary/aromatic N) is 2. The molecule has 17 heavy (non-hydrogen) atoms. The van der Waals surface area contributed by atoms with Crippen molar-refractivity contribution in [3.63, 3.8) is 0 Å². The molecule has 0 bridgehead atoms. The molecule has 2 heterocycles. The van der Waals surface area contributed by atoms with E-state index in [1.165, 1.54) is 0 Å². The van der Waals surface area contributed by atoms with Crippen molar-refractivity contribution in [1.29, 1.82) is 0 Å². The normalized spacial score (nSPS) is 15.9. The van der Waals surface area contributed by atoms with Crippen molar-refractivity contribution in [1.82, 2.24) is 4.98 Å². The second kappa shape index (κ2) is 5.67. The van der Waals surface area contributed by atoms with Crippen LogP contribution in [0.3, 0.4) is 0 Å². The van der Waals surface area contributed by atoms with Gasteiger partial charge >= 0.3 is 0 Å². The minimum atomic E-state index is -0.533. The lowest BCUT2D eigenvalue weighted by Crippen LogP contribution is -2.36. The van der Waals surface area contributed by atoms with Gasteiger partial charge in [-0.25, -0.2) is 9.37 Å². The van der Waals surface area contributed by atoms with Gasteiger partial charge in [-0.3, -0.25) is 0 Å². The topological polar surface area (TPSA) is 60.6 Å². The van der Waals surface area contributed by atoms with E-state index in [4.69, 9.17) is 15.2 Å². The number of hydrogen-bond acceptors (Lipinski definition) is 5. The fraction of sp³-hybridized carbons (Fsp3) is 0.545. The van der Waals surface area contributed by atoms with Crippen molar-refractivity contribution < 1.29 is 13.9 Å². The molecule has 2 rings (SSSR count). The van der Waals surface area contributed by atoms with Gasteiger partial charge in [-0.05, 0) is 0 Å². The molecule has 1 saturated heterocycles. The summed E-state index contributed by atoms with van der Waals surface area (Å²) in [4.78, 5) is 6.33. The Balaban J connectivity index is 2.11. The first-order valence-corrected chi connectivity index (χ1v) is 5.58. The van der Waals surface area contributed by atoms with Gasteiger partial charge in [-0.1, -0.05) is 0 Å². The summed E-state index contributed by atoms with van der Waals surface area (Å²) in [5.74, 6) is 1.27. The van der Waals surface area contributed by atoms with Crippen LogP contribution in [-0.2, 0) is 4.74 Å². The number of rotatable bonds is 4. The van der Waals surface area contributed by atoms with E-state index in [-0.39, 0.29) is 6.61 Å². The molecule has 94 valence electrons. The molecule has 6 heteroatoms. The number of nitrogens with two attached hydrogens (primary N) is 1. The standard InChI is InChI=1S/C11H16FN3O2/c12-1-4-17-10-7-11(14-8-9(10)13)15-2-5-16-6-3-15/h7-8H,1-6,13H2. The molecule has 1 aromatic rings. The second-order valence-electron chi connectivity index (χ2n) is 3.72. The molecule has 0 unspecified atom stereocenters. The van der Waals surface area contributed by atoms with E-state index in [0.717, 1.165) is 18.9 Å². The number of aromatic nitrogens is 1. The molecule has 0 spiro atoms. The van der Waals surface area contributed by atoms with Crippen molar-refractivity contribution in [3.05, 3.63) is 12.3 Å². The van der Waals surface area contributed by atoms with E-state index in [9.17, 15) is 4.39 Å². The minimum absolute atomic E-state index is 0.0107. The number of nitrogen functional groups attached to an aromatic ring is 1. The SMILES string of the molecule is Nc1cnc(N2CCOCC2)cc1OCCF. The Morgan fingerprint density at radius 3 is 2.94 bits per heavy atom. The number of ether oxygens (including phenoxy) is 2. The maximum absolute atomic E-state index is 12.1. The van der Waals surface area contributed by atoms with E-state index in [0.29, 0.717) is 24.7 Å². The van der Waals surface area contributed by atoms with Gasteiger partial charge in [0.15, 0.2) is 0 Å². The number of anilines is 2. The number of morpholine rings is 1. The number of hydrogen-bond donors (Lipinski definition) is 1. The Labute approximate surface area is 99.3 Å². The molecule has 5 nitrogen and oxygen atoms in total. The quantitative estimate of drug-likeness (QED) is 0.846. The molecule has 0 aliphatic carbocycles. The van der Waals surface area contributed by atoms with Gasteiger partial charge in [-0.15, -0.1) is 0 Å². The Hall–Kier alpha value is -1.56. The molecule has 1 aromatic heterocycles. The molecule has 0 aromatic carbocycles. The van der Waals surface area contributed by atoms with Crippen molar-refractivity contribution in [2.75, 3.05) is 50.2 Å². The molecular formula is C11H16FN3O2. The van der Waals surface area contributed by atoms with Crippen molar-refractivity contribution >= 4 is 11.5 Å². The lowest BCUT2D eigenvalue weighted by atomic mass is 10.3. The number of alkyl halides is 1. The van der Waals surface area contributed by atoms with Crippen LogP contribution in [0.5, 0.6) is 5.75 Å². The first kappa shape index (κ1) is 11.9. The summed E-state index contributed by atoms with van der Waals surface area (Å²) < 4.78 is 22.5. The van der Waals surface area contributed by atoms with E-state index in [1.54, 1.807) is 12.3 Å². The average molecular weight is 241 g/mol. The lowest BCUT2D eigenvalue weighted by molar-refractivity contribution is 0.122. The predicted octanol–water partition coefficient (Wildman–Crippen LogP) is 0.849. The third-order valence-electron chi connectivity index (χ3n) is 2.55. The Bertz CT molecular complexity index is 370. The monoisotopic (exact) mass is 241 g/mol. The summed E-state index contributed by atoms with van der Waals surface area (Å²) in [5, 5.41) is 0. The zero-order chi connectivity index (χ0) is 12.1. The summed E-state index contributed by atoms with van der Waals surface area (Å²) in [6.07, 6.45) is 1.54. The third-order valence-corrected chi connectivity index (χ3v) is 2.55. The molecular weight excluding hydrogens is 225 g/mol. The van der Waals surface area contributed by atoms with Crippen LogP contribution in [-0.4, -0.2) is 44.6 Å². The molecule has 1 aliphatic heterocycles. The fourth-order valence-electron chi connectivity index (χ4n) is 1.68. The highest BCUT2D eigenvalue weighted by Crippen LogP contribution is 2.25. The van der Waals surface area contributed by atoms with E-state index < -0.39 is 6.67 Å². The Morgan fingerprint density at radius 1 is 1.47 bits per heavy atom. The van der Waals surface area contributed by atoms with Crippen molar-refractivity contribution in [3.8, 4) is 5.75 Å². The van der Waals surface area contributed by atoms with Crippen LogP contribution in [0.15, 0.2) is 12.3 Å². The lowest BCUT2D eigenvalue weighted by Gasteiger charge is -2.28. The van der Waals surface area contributed by atoms with Crippen molar-refractivity contribution in [2.45, 2.75) is 0 Å². The highest BCUT2D eigenvalue weighted by atomic mass is 19.1. The first-order chi connectivity index (χ1) is 8.31. The second-order valence-corrected chi connectivity index (χ2v) is 3.72. The number of halogens is 1. The van der Waals surface area contributed by atoms with E-state index in [2.05, 4.69) is 9.88 Å². The predicted molar refractivity (Wildman–Crippen MR) is 63.2 cm³/mol. The summed E-state index contributed by atoms with van der Waals surface area (Å²) in [5.41, 5.74) is 6.13. The van der Waals surface area contributed by atoms with Crippen LogP contribution < -0.4 is 15.4 Å². The van der Waals surface area contributed by atoms with Gasteiger partial charge in [0, 0.05) is 19.2 Å². The van der Waals surface area contributed by atoms with Gasteiger partial charge in [0.05, 0.1) is 25.1 Å². The molecule has 0 saturated carbocycles. The first-order valence-electron chi connectivity index (χ1n) is 5.58. The van der Waals surface area contributed by atoms with Gasteiger partial charge < -0.3 is 20.1 Å². The highest BCUT2D eigenvalue weighted by Gasteiger charge is 2.14.